The minimum absolute atomic E-state index is 0.718. The van der Waals surface area contributed by atoms with Gasteiger partial charge in [-0.25, -0.2) is 4.98 Å². The third-order valence-electron chi connectivity index (χ3n) is 1.76. The van der Waals surface area contributed by atoms with Crippen LogP contribution in [-0.2, 0) is 0 Å². The maximum Gasteiger partial charge on any atom is 0.190 e. The van der Waals surface area contributed by atoms with E-state index in [-0.39, 0.29) is 0 Å². The minimum Gasteiger partial charge on any atom is -0.449 e. The molecule has 0 radical (unpaired) electrons. The van der Waals surface area contributed by atoms with Crippen molar-refractivity contribution in [1.29, 1.82) is 0 Å². The lowest BCUT2D eigenvalue weighted by molar-refractivity contribution is 0.520. The molecule has 1 aromatic heterocycles. The normalized spacial score (nSPS) is 16.4. The van der Waals surface area contributed by atoms with E-state index in [1.54, 1.807) is 19.4 Å². The first-order valence-corrected chi connectivity index (χ1v) is 4.46. The second-order valence-electron chi connectivity index (χ2n) is 2.86. The molecule has 2 heterocycles. The number of rotatable bonds is 0. The summed E-state index contributed by atoms with van der Waals surface area (Å²) in [5.41, 5.74) is 0. The molecule has 0 aliphatic carbocycles. The molecule has 1 aliphatic heterocycles. The number of piperidine rings is 1. The number of oxazole rings is 1. The fourth-order valence-electron chi connectivity index (χ4n) is 1.10. The molecule has 68 valence electrons. The molecule has 0 bridgehead atoms. The maximum atomic E-state index is 4.72. The van der Waals surface area contributed by atoms with Gasteiger partial charge in [-0.1, -0.05) is 6.42 Å². The summed E-state index contributed by atoms with van der Waals surface area (Å²) in [6.07, 6.45) is 7.39. The van der Waals surface area contributed by atoms with E-state index in [9.17, 15) is 0 Å². The molecule has 0 unspecified atom stereocenters. The van der Waals surface area contributed by atoms with Crippen LogP contribution in [0.5, 0.6) is 0 Å². The van der Waals surface area contributed by atoms with Gasteiger partial charge in [-0.15, -0.1) is 0 Å². The molecular formula is C9H16N2O. The van der Waals surface area contributed by atoms with Crippen molar-refractivity contribution in [1.82, 2.24) is 10.3 Å². The summed E-state index contributed by atoms with van der Waals surface area (Å²) in [6.45, 7) is 4.31. The van der Waals surface area contributed by atoms with Gasteiger partial charge in [0.05, 0.1) is 6.20 Å². The monoisotopic (exact) mass is 168 g/mol. The Kier molecular flexibility index (Phi) is 4.46. The van der Waals surface area contributed by atoms with Crippen LogP contribution >= 0.6 is 0 Å². The molecule has 1 N–H and O–H groups in total. The Balaban J connectivity index is 0.000000120. The number of hydrogen-bond donors (Lipinski definition) is 1. The number of nitrogens with zero attached hydrogens (tertiary/aromatic N) is 1. The largest absolute Gasteiger partial charge is 0.449 e. The van der Waals surface area contributed by atoms with Crippen LogP contribution in [0, 0.1) is 6.92 Å². The predicted molar refractivity (Wildman–Crippen MR) is 48.0 cm³/mol. The molecule has 2 rings (SSSR count). The lowest BCUT2D eigenvalue weighted by Gasteiger charge is -2.08. The highest BCUT2D eigenvalue weighted by Gasteiger charge is 1.93. The third-order valence-corrected chi connectivity index (χ3v) is 1.76. The van der Waals surface area contributed by atoms with E-state index in [2.05, 4.69) is 10.3 Å². The molecule has 0 atom stereocenters. The molecule has 0 spiro atoms. The zero-order chi connectivity index (χ0) is 8.65. The van der Waals surface area contributed by atoms with Crippen molar-refractivity contribution in [3.8, 4) is 0 Å². The number of nitrogens with one attached hydrogen (secondary N) is 1. The summed E-state index contributed by atoms with van der Waals surface area (Å²) < 4.78 is 4.72. The number of hydrogen-bond acceptors (Lipinski definition) is 3. The van der Waals surface area contributed by atoms with Crippen LogP contribution in [0.2, 0.25) is 0 Å². The minimum atomic E-state index is 0.718. The second kappa shape index (κ2) is 5.77. The highest BCUT2D eigenvalue weighted by molar-refractivity contribution is 4.72. The number of aryl methyl sites for hydroxylation is 1. The molecular weight excluding hydrogens is 152 g/mol. The van der Waals surface area contributed by atoms with Gasteiger partial charge in [-0.2, -0.15) is 0 Å². The van der Waals surface area contributed by atoms with Crippen LogP contribution in [-0.4, -0.2) is 18.1 Å². The zero-order valence-electron chi connectivity index (χ0n) is 7.55. The molecule has 0 amide bonds. The lowest BCUT2D eigenvalue weighted by Crippen LogP contribution is -2.21. The fraction of sp³-hybridized carbons (Fsp3) is 0.667. The topological polar surface area (TPSA) is 38.1 Å². The summed E-state index contributed by atoms with van der Waals surface area (Å²) in [6, 6.07) is 0. The molecule has 1 aliphatic rings. The summed E-state index contributed by atoms with van der Waals surface area (Å²) >= 11 is 0. The second-order valence-corrected chi connectivity index (χ2v) is 2.86. The summed E-state index contributed by atoms with van der Waals surface area (Å²) in [5.74, 6) is 0.718. The van der Waals surface area contributed by atoms with Crippen LogP contribution in [0.25, 0.3) is 0 Å². The Morgan fingerprint density at radius 3 is 2.25 bits per heavy atom. The fourth-order valence-corrected chi connectivity index (χ4v) is 1.10. The van der Waals surface area contributed by atoms with Crippen molar-refractivity contribution in [3.05, 3.63) is 18.4 Å². The lowest BCUT2D eigenvalue weighted by atomic mass is 10.2. The van der Waals surface area contributed by atoms with E-state index in [1.165, 1.54) is 32.4 Å². The van der Waals surface area contributed by atoms with Crippen molar-refractivity contribution in [2.75, 3.05) is 13.1 Å². The molecule has 1 fully saturated rings. The van der Waals surface area contributed by atoms with Gasteiger partial charge >= 0.3 is 0 Å². The molecule has 3 nitrogen and oxygen atoms in total. The van der Waals surface area contributed by atoms with Gasteiger partial charge in [-0.05, 0) is 25.9 Å². The van der Waals surface area contributed by atoms with Crippen LogP contribution in [0.4, 0.5) is 0 Å². The molecule has 1 aromatic rings. The van der Waals surface area contributed by atoms with Crippen LogP contribution in [0.3, 0.4) is 0 Å². The Hall–Kier alpha value is -0.830. The van der Waals surface area contributed by atoms with Crippen molar-refractivity contribution < 1.29 is 4.42 Å². The average molecular weight is 168 g/mol. The van der Waals surface area contributed by atoms with Crippen LogP contribution in [0.1, 0.15) is 25.2 Å². The van der Waals surface area contributed by atoms with Gasteiger partial charge in [0.1, 0.15) is 6.26 Å². The summed E-state index contributed by atoms with van der Waals surface area (Å²) in [4.78, 5) is 3.75. The van der Waals surface area contributed by atoms with Crippen molar-refractivity contribution >= 4 is 0 Å². The summed E-state index contributed by atoms with van der Waals surface area (Å²) in [5, 5.41) is 3.28. The molecule has 12 heavy (non-hydrogen) atoms. The average Bonchev–Trinajstić information content (AvgIpc) is 2.60. The molecule has 3 heteroatoms. The first-order valence-electron chi connectivity index (χ1n) is 4.46. The van der Waals surface area contributed by atoms with Gasteiger partial charge in [-0.3, -0.25) is 0 Å². The highest BCUT2D eigenvalue weighted by Crippen LogP contribution is 1.96. The Bertz CT molecular complexity index is 169. The van der Waals surface area contributed by atoms with Gasteiger partial charge in [0.2, 0.25) is 0 Å². The first-order chi connectivity index (χ1) is 5.89. The quantitative estimate of drug-likeness (QED) is 0.641. The number of aromatic nitrogens is 1. The van der Waals surface area contributed by atoms with E-state index in [0.717, 1.165) is 5.89 Å². The first kappa shape index (κ1) is 9.26. The van der Waals surface area contributed by atoms with E-state index >= 15 is 0 Å². The maximum absolute atomic E-state index is 4.72. The van der Waals surface area contributed by atoms with E-state index in [1.807, 2.05) is 0 Å². The Morgan fingerprint density at radius 1 is 1.33 bits per heavy atom. The van der Waals surface area contributed by atoms with E-state index in [4.69, 9.17) is 4.42 Å². The van der Waals surface area contributed by atoms with Gasteiger partial charge < -0.3 is 9.73 Å². The van der Waals surface area contributed by atoms with Crippen molar-refractivity contribution in [3.63, 3.8) is 0 Å². The Morgan fingerprint density at radius 2 is 2.08 bits per heavy atom. The smallest absolute Gasteiger partial charge is 0.190 e. The van der Waals surface area contributed by atoms with Gasteiger partial charge in [0.15, 0.2) is 5.89 Å². The highest BCUT2D eigenvalue weighted by atomic mass is 16.3. The zero-order valence-corrected chi connectivity index (χ0v) is 7.55. The van der Waals surface area contributed by atoms with E-state index < -0.39 is 0 Å². The Labute approximate surface area is 73.2 Å². The van der Waals surface area contributed by atoms with E-state index in [0.29, 0.717) is 0 Å². The predicted octanol–water partition coefficient (Wildman–Crippen LogP) is 1.74. The van der Waals surface area contributed by atoms with Crippen molar-refractivity contribution in [2.45, 2.75) is 26.2 Å². The third kappa shape index (κ3) is 4.13. The SMILES string of the molecule is C1CCNCC1.Cc1ncco1. The van der Waals surface area contributed by atoms with Crippen LogP contribution in [0.15, 0.2) is 16.9 Å². The molecule has 0 aromatic carbocycles. The van der Waals surface area contributed by atoms with Crippen LogP contribution < -0.4 is 5.32 Å². The molecule has 0 saturated carbocycles. The van der Waals surface area contributed by atoms with Gasteiger partial charge in [0, 0.05) is 6.92 Å². The van der Waals surface area contributed by atoms with Crippen molar-refractivity contribution in [2.24, 2.45) is 0 Å². The standard InChI is InChI=1S/C5H11N.C4H5NO/c1-2-4-6-5-3-1;1-4-5-2-3-6-4/h6H,1-5H2;2-3H,1H3. The summed E-state index contributed by atoms with van der Waals surface area (Å²) in [7, 11) is 0. The van der Waals surface area contributed by atoms with Gasteiger partial charge in [0.25, 0.3) is 0 Å². The molecule has 1 saturated heterocycles.